The Kier molecular flexibility index (Phi) is 7.97. The van der Waals surface area contributed by atoms with E-state index in [1.165, 1.54) is 28.0 Å². The van der Waals surface area contributed by atoms with Crippen LogP contribution < -0.4 is 15.2 Å². The minimum absolute atomic E-state index is 0.0968. The second-order valence-corrected chi connectivity index (χ2v) is 8.02. The van der Waals surface area contributed by atoms with Crippen molar-refractivity contribution in [2.75, 3.05) is 0 Å². The summed E-state index contributed by atoms with van der Waals surface area (Å²) in [6.07, 6.45) is 13.5. The maximum atomic E-state index is 6.07. The largest absolute Gasteiger partial charge is 0.483 e. The second kappa shape index (κ2) is 10.9. The quantitative estimate of drug-likeness (QED) is 0.354. The first kappa shape index (κ1) is 22.0. The normalized spacial score (nSPS) is 17.7. The lowest BCUT2D eigenvalue weighted by atomic mass is 10.0. The van der Waals surface area contributed by atoms with Crippen LogP contribution in [-0.2, 0) is 4.28 Å². The van der Waals surface area contributed by atoms with Gasteiger partial charge in [-0.2, -0.15) is 0 Å². The predicted octanol–water partition coefficient (Wildman–Crippen LogP) is 5.70. The van der Waals surface area contributed by atoms with E-state index in [0.29, 0.717) is 0 Å². The van der Waals surface area contributed by atoms with Gasteiger partial charge in [0, 0.05) is 10.8 Å². The van der Waals surface area contributed by atoms with Crippen LogP contribution in [0.1, 0.15) is 44.2 Å². The highest BCUT2D eigenvalue weighted by Crippen LogP contribution is 2.27. The van der Waals surface area contributed by atoms with Gasteiger partial charge in [-0.1, -0.05) is 59.3 Å². The SMILES string of the molecule is C=CC/C=C\C.Cc1ccc(SO/N=C2/c3ccc4c(c3OC2C)=CCCC=4)cc1. The zero-order chi connectivity index (χ0) is 21.3. The summed E-state index contributed by atoms with van der Waals surface area (Å²) in [6, 6.07) is 12.4. The summed E-state index contributed by atoms with van der Waals surface area (Å²) in [5, 5.41) is 6.79. The molecule has 1 unspecified atom stereocenters. The fourth-order valence-corrected chi connectivity index (χ4v) is 3.75. The van der Waals surface area contributed by atoms with Crippen LogP contribution in [0.15, 0.2) is 71.3 Å². The molecule has 30 heavy (non-hydrogen) atoms. The number of aryl methyl sites for hydroxylation is 1. The smallest absolute Gasteiger partial charge is 0.142 e. The van der Waals surface area contributed by atoms with Crippen molar-refractivity contribution in [1.29, 1.82) is 0 Å². The highest BCUT2D eigenvalue weighted by molar-refractivity contribution is 7.94. The van der Waals surface area contributed by atoms with E-state index in [4.69, 9.17) is 9.02 Å². The molecular formula is C26H29NO2S. The Labute approximate surface area is 183 Å². The van der Waals surface area contributed by atoms with Crippen LogP contribution in [0.3, 0.4) is 0 Å². The Morgan fingerprint density at radius 3 is 2.63 bits per heavy atom. The van der Waals surface area contributed by atoms with Crippen LogP contribution in [0.4, 0.5) is 0 Å². The molecule has 0 fully saturated rings. The van der Waals surface area contributed by atoms with E-state index < -0.39 is 0 Å². The number of nitrogens with zero attached hydrogens (tertiary/aromatic N) is 1. The molecule has 2 aromatic rings. The summed E-state index contributed by atoms with van der Waals surface area (Å²) in [6.45, 7) is 9.63. The molecular weight excluding hydrogens is 390 g/mol. The summed E-state index contributed by atoms with van der Waals surface area (Å²) in [5.41, 5.74) is 3.12. The van der Waals surface area contributed by atoms with Gasteiger partial charge in [-0.05, 0) is 63.5 Å². The maximum absolute atomic E-state index is 6.07. The third-order valence-electron chi connectivity index (χ3n) is 4.89. The molecule has 0 radical (unpaired) electrons. The third kappa shape index (κ3) is 5.45. The Morgan fingerprint density at radius 2 is 1.93 bits per heavy atom. The predicted molar refractivity (Wildman–Crippen MR) is 128 cm³/mol. The number of fused-ring (bicyclic) bond motifs is 3. The minimum atomic E-state index is -0.0968. The molecule has 156 valence electrons. The van der Waals surface area contributed by atoms with Gasteiger partial charge >= 0.3 is 0 Å². The molecule has 2 aromatic carbocycles. The fourth-order valence-electron chi connectivity index (χ4n) is 3.30. The molecule has 0 amide bonds. The van der Waals surface area contributed by atoms with E-state index in [9.17, 15) is 0 Å². The van der Waals surface area contributed by atoms with E-state index in [1.807, 2.05) is 38.1 Å². The Hall–Kier alpha value is -2.72. The van der Waals surface area contributed by atoms with Gasteiger partial charge in [0.15, 0.2) is 0 Å². The molecule has 1 atom stereocenters. The van der Waals surface area contributed by atoms with Crippen LogP contribution >= 0.6 is 12.0 Å². The molecule has 4 heteroatoms. The van der Waals surface area contributed by atoms with Gasteiger partial charge < -0.3 is 9.02 Å². The van der Waals surface area contributed by atoms with Gasteiger partial charge in [0.2, 0.25) is 0 Å². The van der Waals surface area contributed by atoms with E-state index >= 15 is 0 Å². The number of hydrogen-bond donors (Lipinski definition) is 0. The summed E-state index contributed by atoms with van der Waals surface area (Å²) in [7, 11) is 0. The topological polar surface area (TPSA) is 30.8 Å². The lowest BCUT2D eigenvalue weighted by Crippen LogP contribution is -2.28. The van der Waals surface area contributed by atoms with Crippen molar-refractivity contribution in [3.8, 4) is 5.75 Å². The molecule has 1 aliphatic carbocycles. The van der Waals surface area contributed by atoms with Crippen molar-refractivity contribution < 1.29 is 9.02 Å². The highest BCUT2D eigenvalue weighted by Gasteiger charge is 2.29. The summed E-state index contributed by atoms with van der Waals surface area (Å²) < 4.78 is 11.6. The van der Waals surface area contributed by atoms with Gasteiger partial charge in [0.1, 0.15) is 29.6 Å². The fraction of sp³-hybridized carbons (Fsp3) is 0.269. The van der Waals surface area contributed by atoms with Gasteiger partial charge in [-0.3, -0.25) is 0 Å². The first-order chi connectivity index (χ1) is 14.6. The van der Waals surface area contributed by atoms with Crippen LogP contribution in [0.5, 0.6) is 5.75 Å². The number of hydrogen-bond acceptors (Lipinski definition) is 4. The van der Waals surface area contributed by atoms with Crippen molar-refractivity contribution in [2.45, 2.75) is 51.0 Å². The molecule has 4 rings (SSSR count). The number of ether oxygens (including phenoxy) is 1. The van der Waals surface area contributed by atoms with E-state index in [2.05, 4.69) is 61.2 Å². The molecule has 0 saturated carbocycles. The minimum Gasteiger partial charge on any atom is -0.483 e. The molecule has 1 aliphatic heterocycles. The van der Waals surface area contributed by atoms with Crippen LogP contribution in [0.25, 0.3) is 12.2 Å². The zero-order valence-electron chi connectivity index (χ0n) is 17.9. The third-order valence-corrected chi connectivity index (χ3v) is 5.51. The Balaban J connectivity index is 0.000000377. The van der Waals surface area contributed by atoms with Crippen molar-refractivity contribution in [2.24, 2.45) is 5.16 Å². The number of benzene rings is 2. The van der Waals surface area contributed by atoms with Gasteiger partial charge in [0.25, 0.3) is 0 Å². The lowest BCUT2D eigenvalue weighted by molar-refractivity contribution is 0.294. The molecule has 2 aliphatic rings. The summed E-state index contributed by atoms with van der Waals surface area (Å²) >= 11 is 1.26. The van der Waals surface area contributed by atoms with Crippen LogP contribution in [0.2, 0.25) is 0 Å². The van der Waals surface area contributed by atoms with Crippen molar-refractivity contribution in [1.82, 2.24) is 0 Å². The second-order valence-electron chi connectivity index (χ2n) is 7.23. The maximum Gasteiger partial charge on any atom is 0.142 e. The van der Waals surface area contributed by atoms with E-state index in [0.717, 1.165) is 41.2 Å². The molecule has 1 heterocycles. The average Bonchev–Trinajstić information content (AvgIpc) is 3.10. The number of allylic oxidation sites excluding steroid dienone is 3. The number of oxime groups is 1. The number of rotatable bonds is 5. The zero-order valence-corrected chi connectivity index (χ0v) is 18.7. The molecule has 0 bridgehead atoms. The Morgan fingerprint density at radius 1 is 1.17 bits per heavy atom. The molecule has 0 spiro atoms. The summed E-state index contributed by atoms with van der Waals surface area (Å²) in [5.74, 6) is 0.943. The lowest BCUT2D eigenvalue weighted by Gasteiger charge is -2.05. The summed E-state index contributed by atoms with van der Waals surface area (Å²) in [4.78, 5) is 1.03. The van der Waals surface area contributed by atoms with Crippen LogP contribution in [-0.4, -0.2) is 11.8 Å². The Bertz CT molecular complexity index is 1050. The van der Waals surface area contributed by atoms with Gasteiger partial charge in [0.05, 0.1) is 4.90 Å². The van der Waals surface area contributed by atoms with Gasteiger partial charge in [-0.15, -0.1) is 6.58 Å². The first-order valence-electron chi connectivity index (χ1n) is 10.3. The van der Waals surface area contributed by atoms with Crippen molar-refractivity contribution in [3.05, 3.63) is 82.8 Å². The monoisotopic (exact) mass is 419 g/mol. The van der Waals surface area contributed by atoms with Crippen molar-refractivity contribution in [3.63, 3.8) is 0 Å². The average molecular weight is 420 g/mol. The highest BCUT2D eigenvalue weighted by atomic mass is 32.2. The van der Waals surface area contributed by atoms with Crippen molar-refractivity contribution >= 4 is 29.9 Å². The van der Waals surface area contributed by atoms with Crippen LogP contribution in [0, 0.1) is 6.92 Å². The molecule has 0 N–H and O–H groups in total. The molecule has 3 nitrogen and oxygen atoms in total. The molecule has 0 aromatic heterocycles. The standard InChI is InChI=1S/C20H19NO2S.C6H10/c1-13-7-10-16(11-8-13)24-23-21-19-14(2)22-20-17-6-4-3-5-15(17)9-12-18(19)20;1-3-5-6-4-2/h5-12,14H,3-4H2,1-2H3;3-4,6H,1,5H2,2H3/b21-19+;6-4-. The van der Waals surface area contributed by atoms with E-state index in [1.54, 1.807) is 0 Å². The van der Waals surface area contributed by atoms with Gasteiger partial charge in [-0.25, -0.2) is 0 Å². The van der Waals surface area contributed by atoms with E-state index in [-0.39, 0.29) is 6.10 Å². The molecule has 0 saturated heterocycles. The first-order valence-corrected chi connectivity index (χ1v) is 11.1.